The van der Waals surface area contributed by atoms with E-state index in [0.717, 1.165) is 17.0 Å². The normalized spacial score (nSPS) is 11.1. The molecule has 142 valence electrons. The quantitative estimate of drug-likeness (QED) is 0.561. The second kappa shape index (κ2) is 7.35. The molecule has 0 unspecified atom stereocenters. The van der Waals surface area contributed by atoms with E-state index in [1.54, 1.807) is 18.2 Å². The summed E-state index contributed by atoms with van der Waals surface area (Å²) in [6.07, 6.45) is 3.36. The number of amides is 1. The Morgan fingerprint density at radius 1 is 1.25 bits per heavy atom. The molecule has 4 rings (SSSR count). The lowest BCUT2D eigenvalue weighted by molar-refractivity contribution is 0.0955. The molecule has 0 atom stereocenters. The van der Waals surface area contributed by atoms with Gasteiger partial charge < -0.3 is 5.32 Å². The van der Waals surface area contributed by atoms with Crippen molar-refractivity contribution in [3.63, 3.8) is 0 Å². The van der Waals surface area contributed by atoms with Crippen molar-refractivity contribution in [2.24, 2.45) is 0 Å². The van der Waals surface area contributed by atoms with Crippen LogP contribution in [-0.2, 0) is 6.54 Å². The number of halogens is 1. The molecule has 28 heavy (non-hydrogen) atoms. The van der Waals surface area contributed by atoms with Gasteiger partial charge in [0.15, 0.2) is 4.96 Å². The molecular weight excluding hydrogens is 381 g/mol. The third kappa shape index (κ3) is 3.44. The van der Waals surface area contributed by atoms with Crippen LogP contribution < -0.4 is 10.9 Å². The molecule has 0 fully saturated rings. The number of imidazole rings is 1. The summed E-state index contributed by atoms with van der Waals surface area (Å²) >= 11 is 1.28. The van der Waals surface area contributed by atoms with Crippen LogP contribution in [0.2, 0.25) is 0 Å². The van der Waals surface area contributed by atoms with Gasteiger partial charge >= 0.3 is 0 Å². The van der Waals surface area contributed by atoms with Gasteiger partial charge in [0.25, 0.3) is 11.5 Å². The Labute approximate surface area is 163 Å². The molecule has 9 heteroatoms. The van der Waals surface area contributed by atoms with Crippen LogP contribution in [0, 0.1) is 12.7 Å². The molecular formula is C19H16FN5O2S. The first-order valence-electron chi connectivity index (χ1n) is 8.58. The van der Waals surface area contributed by atoms with Crippen LogP contribution in [0.3, 0.4) is 0 Å². The summed E-state index contributed by atoms with van der Waals surface area (Å²) in [5, 5.41) is 6.76. The number of nitrogens with zero attached hydrogens (tertiary/aromatic N) is 4. The summed E-state index contributed by atoms with van der Waals surface area (Å²) in [5.41, 5.74) is 2.09. The molecule has 3 heterocycles. The lowest BCUT2D eigenvalue weighted by Gasteiger charge is -2.05. The van der Waals surface area contributed by atoms with Crippen LogP contribution in [-0.4, -0.2) is 31.6 Å². The fraction of sp³-hybridized carbons (Fsp3) is 0.158. The minimum atomic E-state index is -0.298. The van der Waals surface area contributed by atoms with Gasteiger partial charge in [-0.3, -0.25) is 14.0 Å². The molecule has 3 aromatic heterocycles. The zero-order chi connectivity index (χ0) is 19.7. The number of carbonyl (C=O) groups excluding carboxylic acids is 1. The number of benzene rings is 1. The Hall–Kier alpha value is -3.33. The first-order valence-corrected chi connectivity index (χ1v) is 9.39. The second-order valence-electron chi connectivity index (χ2n) is 6.14. The third-order valence-corrected chi connectivity index (χ3v) is 5.45. The van der Waals surface area contributed by atoms with E-state index in [1.807, 2.05) is 17.5 Å². The van der Waals surface area contributed by atoms with Crippen molar-refractivity contribution in [1.29, 1.82) is 0 Å². The predicted molar refractivity (Wildman–Crippen MR) is 104 cm³/mol. The van der Waals surface area contributed by atoms with E-state index in [2.05, 4.69) is 15.4 Å². The van der Waals surface area contributed by atoms with Crippen molar-refractivity contribution in [1.82, 2.24) is 24.5 Å². The van der Waals surface area contributed by atoms with Crippen LogP contribution >= 0.6 is 11.3 Å². The SMILES string of the molecule is Cc1c(C(=O)NCCn2ncccc2=O)sc2nc(-c3ccc(F)cc3)cn12. The number of nitrogens with one attached hydrogen (secondary N) is 1. The maximum Gasteiger partial charge on any atom is 0.266 e. The van der Waals surface area contributed by atoms with Crippen LogP contribution in [0.15, 0.2) is 53.6 Å². The Kier molecular flexibility index (Phi) is 4.74. The first-order chi connectivity index (χ1) is 13.5. The highest BCUT2D eigenvalue weighted by atomic mass is 32.1. The molecule has 0 spiro atoms. The lowest BCUT2D eigenvalue weighted by Crippen LogP contribution is -2.31. The van der Waals surface area contributed by atoms with Gasteiger partial charge in [-0.25, -0.2) is 14.1 Å². The highest BCUT2D eigenvalue weighted by Crippen LogP contribution is 2.27. The summed E-state index contributed by atoms with van der Waals surface area (Å²) in [5.74, 6) is -0.520. The first kappa shape index (κ1) is 18.1. The number of hydrogen-bond donors (Lipinski definition) is 1. The average molecular weight is 397 g/mol. The summed E-state index contributed by atoms with van der Waals surface area (Å²) < 4.78 is 16.2. The molecule has 0 aliphatic carbocycles. The Morgan fingerprint density at radius 3 is 2.75 bits per heavy atom. The topological polar surface area (TPSA) is 81.3 Å². The molecule has 0 aliphatic heterocycles. The van der Waals surface area contributed by atoms with E-state index >= 15 is 0 Å². The highest BCUT2D eigenvalue weighted by molar-refractivity contribution is 7.19. The number of rotatable bonds is 5. The zero-order valence-corrected chi connectivity index (χ0v) is 15.7. The van der Waals surface area contributed by atoms with Crippen molar-refractivity contribution in [3.05, 3.63) is 75.5 Å². The fourth-order valence-corrected chi connectivity index (χ4v) is 3.86. The van der Waals surface area contributed by atoms with Gasteiger partial charge in [-0.2, -0.15) is 5.10 Å². The van der Waals surface area contributed by atoms with Gasteiger partial charge in [0.2, 0.25) is 0 Å². The molecule has 1 aromatic carbocycles. The largest absolute Gasteiger partial charge is 0.349 e. The number of carbonyl (C=O) groups is 1. The predicted octanol–water partition coefficient (Wildman–Crippen LogP) is 2.50. The molecule has 1 N–H and O–H groups in total. The fourth-order valence-electron chi connectivity index (χ4n) is 2.83. The standard InChI is InChI=1S/C19H16FN5O2S/c1-12-17(18(27)21-9-10-25-16(26)3-2-8-22-25)28-19-23-15(11-24(12)19)13-4-6-14(20)7-5-13/h2-8,11H,9-10H2,1H3,(H,21,27). The van der Waals surface area contributed by atoms with Gasteiger partial charge in [-0.05, 0) is 37.3 Å². The number of aryl methyl sites for hydroxylation is 1. The van der Waals surface area contributed by atoms with Crippen LogP contribution in [0.4, 0.5) is 4.39 Å². The lowest BCUT2D eigenvalue weighted by atomic mass is 10.2. The molecule has 0 saturated heterocycles. The van der Waals surface area contributed by atoms with E-state index in [0.29, 0.717) is 16.4 Å². The third-order valence-electron chi connectivity index (χ3n) is 4.30. The van der Waals surface area contributed by atoms with E-state index in [9.17, 15) is 14.0 Å². The molecule has 0 aliphatic rings. The van der Waals surface area contributed by atoms with Gasteiger partial charge in [0.05, 0.1) is 12.2 Å². The van der Waals surface area contributed by atoms with Gasteiger partial charge in [0.1, 0.15) is 10.7 Å². The minimum absolute atomic E-state index is 0.212. The van der Waals surface area contributed by atoms with E-state index < -0.39 is 0 Å². The minimum Gasteiger partial charge on any atom is -0.349 e. The van der Waals surface area contributed by atoms with Crippen LogP contribution in [0.1, 0.15) is 15.4 Å². The van der Waals surface area contributed by atoms with Crippen LogP contribution in [0.25, 0.3) is 16.2 Å². The number of aromatic nitrogens is 4. The van der Waals surface area contributed by atoms with Crippen molar-refractivity contribution in [3.8, 4) is 11.3 Å². The molecule has 4 aromatic rings. The van der Waals surface area contributed by atoms with E-state index in [-0.39, 0.29) is 23.8 Å². The Morgan fingerprint density at radius 2 is 2.04 bits per heavy atom. The van der Waals surface area contributed by atoms with Crippen LogP contribution in [0.5, 0.6) is 0 Å². The number of thiazole rings is 1. The van der Waals surface area contributed by atoms with Crippen molar-refractivity contribution < 1.29 is 9.18 Å². The van der Waals surface area contributed by atoms with Gasteiger partial charge in [-0.1, -0.05) is 11.3 Å². The zero-order valence-electron chi connectivity index (χ0n) is 14.9. The monoisotopic (exact) mass is 397 g/mol. The molecule has 7 nitrogen and oxygen atoms in total. The van der Waals surface area contributed by atoms with Gasteiger partial charge in [-0.15, -0.1) is 0 Å². The molecule has 0 saturated carbocycles. The maximum absolute atomic E-state index is 13.1. The highest BCUT2D eigenvalue weighted by Gasteiger charge is 2.18. The number of fused-ring (bicyclic) bond motifs is 1. The summed E-state index contributed by atoms with van der Waals surface area (Å²) in [4.78, 5) is 29.9. The summed E-state index contributed by atoms with van der Waals surface area (Å²) in [6, 6.07) is 9.12. The van der Waals surface area contributed by atoms with Crippen molar-refractivity contribution >= 4 is 22.2 Å². The average Bonchev–Trinajstić information content (AvgIpc) is 3.23. The maximum atomic E-state index is 13.1. The summed E-state index contributed by atoms with van der Waals surface area (Å²) in [6.45, 7) is 2.43. The van der Waals surface area contributed by atoms with Gasteiger partial charge in [0, 0.05) is 36.3 Å². The molecule has 0 bridgehead atoms. The number of hydrogen-bond acceptors (Lipinski definition) is 5. The molecule has 0 radical (unpaired) electrons. The Balaban J connectivity index is 1.49. The molecule has 1 amide bonds. The summed E-state index contributed by atoms with van der Waals surface area (Å²) in [7, 11) is 0. The van der Waals surface area contributed by atoms with Crippen molar-refractivity contribution in [2.75, 3.05) is 6.54 Å². The van der Waals surface area contributed by atoms with E-state index in [4.69, 9.17) is 0 Å². The smallest absolute Gasteiger partial charge is 0.266 e. The van der Waals surface area contributed by atoms with E-state index in [1.165, 1.54) is 40.4 Å². The Bertz CT molecular complexity index is 1210. The second-order valence-corrected chi connectivity index (χ2v) is 7.12. The van der Waals surface area contributed by atoms with Crippen molar-refractivity contribution in [2.45, 2.75) is 13.5 Å².